The molecular weight excluding hydrogens is 284 g/mol. The summed E-state index contributed by atoms with van der Waals surface area (Å²) in [5.41, 5.74) is 0.656. The van der Waals surface area contributed by atoms with Gasteiger partial charge in [-0.05, 0) is 24.3 Å². The van der Waals surface area contributed by atoms with Crippen molar-refractivity contribution in [2.75, 3.05) is 34.0 Å². The van der Waals surface area contributed by atoms with Gasteiger partial charge >= 0.3 is 0 Å². The van der Waals surface area contributed by atoms with Crippen LogP contribution in [-0.2, 0) is 14.2 Å². The second kappa shape index (κ2) is 7.51. The van der Waals surface area contributed by atoms with Gasteiger partial charge in [-0.3, -0.25) is 0 Å². The zero-order chi connectivity index (χ0) is 16.0. The van der Waals surface area contributed by atoms with Crippen molar-refractivity contribution in [2.24, 2.45) is 5.41 Å². The van der Waals surface area contributed by atoms with Crippen molar-refractivity contribution in [3.63, 3.8) is 0 Å². The monoisotopic (exact) mass is 308 g/mol. The molecule has 1 fully saturated rings. The molecule has 5 nitrogen and oxygen atoms in total. The summed E-state index contributed by atoms with van der Waals surface area (Å²) in [5.74, 6) is 1.53. The molecule has 122 valence electrons. The van der Waals surface area contributed by atoms with Crippen LogP contribution in [0.2, 0.25) is 0 Å². The average Bonchev–Trinajstić information content (AvgIpc) is 3.06. The van der Waals surface area contributed by atoms with Crippen LogP contribution in [-0.4, -0.2) is 40.3 Å². The van der Waals surface area contributed by atoms with Crippen molar-refractivity contribution in [1.29, 1.82) is 0 Å². The van der Waals surface area contributed by atoms with Gasteiger partial charge in [-0.15, -0.1) is 0 Å². The van der Waals surface area contributed by atoms with Crippen molar-refractivity contribution >= 4 is 6.08 Å². The van der Waals surface area contributed by atoms with Gasteiger partial charge in [0.1, 0.15) is 11.5 Å². The smallest absolute Gasteiger partial charge is 0.166 e. The Bertz CT molecular complexity index is 504. The molecule has 0 aliphatic carbocycles. The zero-order valence-electron chi connectivity index (χ0n) is 13.6. The van der Waals surface area contributed by atoms with Crippen molar-refractivity contribution in [3.05, 3.63) is 30.0 Å². The minimum atomic E-state index is -0.237. The Kier molecular flexibility index (Phi) is 5.69. The molecule has 0 unspecified atom stereocenters. The number of benzene rings is 1. The number of rotatable bonds is 7. The molecule has 0 atom stereocenters. The molecule has 1 aromatic rings. The Morgan fingerprint density at radius 2 is 1.95 bits per heavy atom. The minimum Gasteiger partial charge on any atom is -0.504 e. The van der Waals surface area contributed by atoms with E-state index in [0.717, 1.165) is 17.1 Å². The molecule has 0 N–H and O–H groups in total. The van der Waals surface area contributed by atoms with E-state index in [1.54, 1.807) is 20.5 Å². The lowest BCUT2D eigenvalue weighted by Gasteiger charge is -2.29. The summed E-state index contributed by atoms with van der Waals surface area (Å²) in [7, 11) is 3.24. The number of hydrogen-bond acceptors (Lipinski definition) is 5. The van der Waals surface area contributed by atoms with Gasteiger partial charge in [0.05, 0.1) is 40.3 Å². The fourth-order valence-electron chi connectivity index (χ4n) is 2.20. The van der Waals surface area contributed by atoms with E-state index in [-0.39, 0.29) is 11.7 Å². The second-order valence-electron chi connectivity index (χ2n) is 5.79. The highest BCUT2D eigenvalue weighted by Crippen LogP contribution is 2.31. The van der Waals surface area contributed by atoms with E-state index in [4.69, 9.17) is 23.7 Å². The zero-order valence-corrected chi connectivity index (χ0v) is 13.6. The Hall–Kier alpha value is -1.72. The maximum Gasteiger partial charge on any atom is 0.166 e. The standard InChI is InChI=1S/C17H24O5/c1-17(2,16-20-9-10-21-16)12-22-15-6-5-14(19-4)11-13(15)7-8-18-3/h5-8,11,16H,9-10,12H2,1-4H3/b8-7-. The normalized spacial score (nSPS) is 16.2. The molecule has 22 heavy (non-hydrogen) atoms. The highest BCUT2D eigenvalue weighted by atomic mass is 16.7. The van der Waals surface area contributed by atoms with E-state index in [0.29, 0.717) is 19.8 Å². The third kappa shape index (κ3) is 4.15. The summed E-state index contributed by atoms with van der Waals surface area (Å²) in [6.07, 6.45) is 3.22. The van der Waals surface area contributed by atoms with Crippen molar-refractivity contribution < 1.29 is 23.7 Å². The predicted octanol–water partition coefficient (Wildman–Crippen LogP) is 3.09. The van der Waals surface area contributed by atoms with Crippen molar-refractivity contribution in [3.8, 4) is 11.5 Å². The molecule has 1 aliphatic rings. The number of hydrogen-bond donors (Lipinski definition) is 0. The maximum absolute atomic E-state index is 5.99. The third-order valence-electron chi connectivity index (χ3n) is 3.46. The van der Waals surface area contributed by atoms with Crippen LogP contribution in [0.4, 0.5) is 0 Å². The van der Waals surface area contributed by atoms with Crippen LogP contribution in [0.25, 0.3) is 6.08 Å². The van der Waals surface area contributed by atoms with Crippen LogP contribution in [0.5, 0.6) is 11.5 Å². The quantitative estimate of drug-likeness (QED) is 0.724. The SMILES string of the molecule is CO/C=C\c1cc(OC)ccc1OCC(C)(C)C1OCCO1. The van der Waals surface area contributed by atoms with E-state index < -0.39 is 0 Å². The molecule has 1 aliphatic heterocycles. The molecular formula is C17H24O5. The Labute approximate surface area is 131 Å². The summed E-state index contributed by atoms with van der Waals surface area (Å²) in [6.45, 7) is 5.89. The molecule has 1 aromatic carbocycles. The van der Waals surface area contributed by atoms with Crippen LogP contribution in [0.1, 0.15) is 19.4 Å². The lowest BCUT2D eigenvalue weighted by molar-refractivity contribution is -0.131. The van der Waals surface area contributed by atoms with Crippen LogP contribution < -0.4 is 9.47 Å². The van der Waals surface area contributed by atoms with E-state index in [1.165, 1.54) is 0 Å². The van der Waals surface area contributed by atoms with Gasteiger partial charge in [0.25, 0.3) is 0 Å². The number of ether oxygens (including phenoxy) is 5. The van der Waals surface area contributed by atoms with Gasteiger partial charge < -0.3 is 23.7 Å². The van der Waals surface area contributed by atoms with Gasteiger partial charge in [0, 0.05) is 11.0 Å². The highest BCUT2D eigenvalue weighted by Gasteiger charge is 2.35. The summed E-state index contributed by atoms with van der Waals surface area (Å²) in [4.78, 5) is 0. The second-order valence-corrected chi connectivity index (χ2v) is 5.79. The Morgan fingerprint density at radius 3 is 2.59 bits per heavy atom. The topological polar surface area (TPSA) is 46.2 Å². The van der Waals surface area contributed by atoms with Gasteiger partial charge in [-0.25, -0.2) is 0 Å². The van der Waals surface area contributed by atoms with Crippen LogP contribution in [0.3, 0.4) is 0 Å². The predicted molar refractivity (Wildman–Crippen MR) is 84.0 cm³/mol. The van der Waals surface area contributed by atoms with Gasteiger partial charge in [-0.1, -0.05) is 13.8 Å². The first kappa shape index (κ1) is 16.6. The van der Waals surface area contributed by atoms with Crippen LogP contribution in [0.15, 0.2) is 24.5 Å². The van der Waals surface area contributed by atoms with Crippen LogP contribution >= 0.6 is 0 Å². The summed E-state index contributed by atoms with van der Waals surface area (Å²) >= 11 is 0. The molecule has 5 heteroatoms. The number of methoxy groups -OCH3 is 2. The summed E-state index contributed by atoms with van der Waals surface area (Å²) < 4.78 is 27.4. The molecule has 0 aromatic heterocycles. The van der Waals surface area contributed by atoms with Crippen molar-refractivity contribution in [1.82, 2.24) is 0 Å². The first-order valence-corrected chi connectivity index (χ1v) is 7.30. The van der Waals surface area contributed by atoms with E-state index in [1.807, 2.05) is 24.3 Å². The van der Waals surface area contributed by atoms with Gasteiger partial charge in [-0.2, -0.15) is 0 Å². The summed E-state index contributed by atoms with van der Waals surface area (Å²) in [5, 5.41) is 0. The van der Waals surface area contributed by atoms with Crippen molar-refractivity contribution in [2.45, 2.75) is 20.1 Å². The molecule has 2 rings (SSSR count). The molecule has 0 spiro atoms. The Balaban J connectivity index is 2.09. The van der Waals surface area contributed by atoms with E-state index in [2.05, 4.69) is 13.8 Å². The largest absolute Gasteiger partial charge is 0.504 e. The maximum atomic E-state index is 5.99. The molecule has 1 saturated heterocycles. The highest BCUT2D eigenvalue weighted by molar-refractivity contribution is 5.59. The molecule has 0 radical (unpaired) electrons. The van der Waals surface area contributed by atoms with Gasteiger partial charge in [0.15, 0.2) is 6.29 Å². The fraction of sp³-hybridized carbons (Fsp3) is 0.529. The average molecular weight is 308 g/mol. The Morgan fingerprint density at radius 1 is 1.23 bits per heavy atom. The lowest BCUT2D eigenvalue weighted by Crippen LogP contribution is -2.35. The third-order valence-corrected chi connectivity index (χ3v) is 3.46. The molecule has 0 saturated carbocycles. The molecule has 1 heterocycles. The van der Waals surface area contributed by atoms with E-state index >= 15 is 0 Å². The first-order valence-electron chi connectivity index (χ1n) is 7.30. The van der Waals surface area contributed by atoms with Crippen LogP contribution in [0, 0.1) is 5.41 Å². The van der Waals surface area contributed by atoms with Gasteiger partial charge in [0.2, 0.25) is 0 Å². The first-order chi connectivity index (χ1) is 10.6. The molecule has 0 amide bonds. The summed E-state index contributed by atoms with van der Waals surface area (Å²) in [6, 6.07) is 5.66. The van der Waals surface area contributed by atoms with E-state index in [9.17, 15) is 0 Å². The molecule has 0 bridgehead atoms. The lowest BCUT2D eigenvalue weighted by atomic mass is 9.94. The minimum absolute atomic E-state index is 0.233. The fourth-order valence-corrected chi connectivity index (χ4v) is 2.20.